The summed E-state index contributed by atoms with van der Waals surface area (Å²) < 4.78 is 31.5. The Labute approximate surface area is 203 Å². The third kappa shape index (κ3) is 7.63. The van der Waals surface area contributed by atoms with E-state index in [0.717, 1.165) is 0 Å². The highest BCUT2D eigenvalue weighted by Gasteiger charge is 2.18. The van der Waals surface area contributed by atoms with E-state index in [-0.39, 0.29) is 41.3 Å². The first-order valence-electron chi connectivity index (χ1n) is 10.7. The second-order valence-corrected chi connectivity index (χ2v) is 7.37. The summed E-state index contributed by atoms with van der Waals surface area (Å²) in [6.45, 7) is 6.99. The maximum Gasteiger partial charge on any atom is 0.260 e. The van der Waals surface area contributed by atoms with Gasteiger partial charge in [-0.1, -0.05) is 24.8 Å². The van der Waals surface area contributed by atoms with Gasteiger partial charge >= 0.3 is 0 Å². The topological polar surface area (TPSA) is 90.5 Å². The molecule has 1 heterocycles. The minimum atomic E-state index is -0.379. The summed E-state index contributed by atoms with van der Waals surface area (Å²) in [5, 5.41) is 4.14. The number of nitrogens with zero attached hydrogens (tertiary/aromatic N) is 3. The molecule has 1 amide bonds. The zero-order chi connectivity index (χ0) is 26.0. The standard InChI is InChI=1S/C21H21FN4O3.C5H7F/c1-3-25(2)19(27)13-29-17-6-4-5-14(11-17)20(28)18-12-24-26(21(18)23)16-9-7-15(22)8-10-16;1-3-4-5(2)6/h4-12H,3,13,23H2,1-2H3;3-4H,1H2,2H3/b;5-4+. The first-order chi connectivity index (χ1) is 16.7. The van der Waals surface area contributed by atoms with Crippen molar-refractivity contribution in [3.05, 3.63) is 96.2 Å². The number of likely N-dealkylation sites (N-methyl/N-ethyl adjacent to an activating group) is 1. The molecule has 0 aliphatic rings. The summed E-state index contributed by atoms with van der Waals surface area (Å²) in [6.07, 6.45) is 4.09. The molecule has 9 heteroatoms. The molecule has 0 atom stereocenters. The summed E-state index contributed by atoms with van der Waals surface area (Å²) >= 11 is 0. The van der Waals surface area contributed by atoms with Crippen LogP contribution in [0.5, 0.6) is 5.75 Å². The number of ketones is 1. The highest BCUT2D eigenvalue weighted by Crippen LogP contribution is 2.22. The minimum absolute atomic E-state index is 0.118. The van der Waals surface area contributed by atoms with Gasteiger partial charge in [0.25, 0.3) is 5.91 Å². The number of halogens is 2. The molecule has 7 nitrogen and oxygen atoms in total. The maximum atomic E-state index is 13.1. The predicted molar refractivity (Wildman–Crippen MR) is 132 cm³/mol. The van der Waals surface area contributed by atoms with Crippen LogP contribution in [0.25, 0.3) is 5.69 Å². The number of ether oxygens (including phenoxy) is 1. The highest BCUT2D eigenvalue weighted by atomic mass is 19.1. The fourth-order valence-electron chi connectivity index (χ4n) is 2.80. The SMILES string of the molecule is C=C/C=C(\C)F.CCN(C)C(=O)COc1cccc(C(=O)c2cnn(-c3ccc(F)cc3)c2N)c1. The molecule has 2 aromatic carbocycles. The van der Waals surface area contributed by atoms with Crippen LogP contribution in [0.2, 0.25) is 0 Å². The number of nitrogen functional groups attached to an aromatic ring is 1. The Balaban J connectivity index is 0.000000641. The number of aromatic nitrogens is 2. The lowest BCUT2D eigenvalue weighted by Gasteiger charge is -2.15. The zero-order valence-corrected chi connectivity index (χ0v) is 19.9. The minimum Gasteiger partial charge on any atom is -0.484 e. The zero-order valence-electron chi connectivity index (χ0n) is 19.9. The van der Waals surface area contributed by atoms with Crippen LogP contribution in [0, 0.1) is 5.82 Å². The number of anilines is 1. The summed E-state index contributed by atoms with van der Waals surface area (Å²) in [6, 6.07) is 12.1. The molecule has 0 saturated heterocycles. The van der Waals surface area contributed by atoms with Crippen LogP contribution in [0.3, 0.4) is 0 Å². The van der Waals surface area contributed by atoms with Gasteiger partial charge in [0, 0.05) is 19.2 Å². The predicted octanol–water partition coefficient (Wildman–Crippen LogP) is 4.73. The highest BCUT2D eigenvalue weighted by molar-refractivity contribution is 6.11. The van der Waals surface area contributed by atoms with E-state index in [1.165, 1.54) is 54.2 Å². The second kappa shape index (κ2) is 12.8. The molecule has 0 aliphatic carbocycles. The summed E-state index contributed by atoms with van der Waals surface area (Å²) in [5.41, 5.74) is 7.21. The molecular formula is C26H28F2N4O3. The Hall–Kier alpha value is -4.27. The van der Waals surface area contributed by atoms with E-state index in [1.807, 2.05) is 6.92 Å². The molecule has 0 fully saturated rings. The van der Waals surface area contributed by atoms with Crippen molar-refractivity contribution in [1.29, 1.82) is 0 Å². The lowest BCUT2D eigenvalue weighted by molar-refractivity contribution is -0.131. The van der Waals surface area contributed by atoms with Crippen LogP contribution in [0.4, 0.5) is 14.6 Å². The average Bonchev–Trinajstić information content (AvgIpc) is 3.23. The van der Waals surface area contributed by atoms with Crippen LogP contribution in [-0.4, -0.2) is 46.6 Å². The Morgan fingerprint density at radius 1 is 1.23 bits per heavy atom. The molecule has 3 rings (SSSR count). The molecule has 184 valence electrons. The van der Waals surface area contributed by atoms with Crippen molar-refractivity contribution in [2.75, 3.05) is 25.9 Å². The molecule has 0 saturated carbocycles. The van der Waals surface area contributed by atoms with Gasteiger partial charge in [-0.05, 0) is 56.3 Å². The normalized spacial score (nSPS) is 10.7. The number of hydrogen-bond donors (Lipinski definition) is 1. The number of hydrogen-bond acceptors (Lipinski definition) is 5. The van der Waals surface area contributed by atoms with Gasteiger partial charge in [-0.15, -0.1) is 0 Å². The van der Waals surface area contributed by atoms with Crippen molar-refractivity contribution in [2.45, 2.75) is 13.8 Å². The molecule has 0 unspecified atom stereocenters. The third-order valence-corrected chi connectivity index (χ3v) is 4.83. The summed E-state index contributed by atoms with van der Waals surface area (Å²) in [5.74, 6) is -0.528. The van der Waals surface area contributed by atoms with E-state index >= 15 is 0 Å². The van der Waals surface area contributed by atoms with E-state index in [4.69, 9.17) is 10.5 Å². The van der Waals surface area contributed by atoms with Gasteiger partial charge in [-0.25, -0.2) is 13.5 Å². The number of nitrogens with two attached hydrogens (primary N) is 1. The molecule has 2 N–H and O–H groups in total. The summed E-state index contributed by atoms with van der Waals surface area (Å²) in [4.78, 5) is 26.3. The molecule has 0 radical (unpaired) electrons. The Morgan fingerprint density at radius 2 is 1.91 bits per heavy atom. The number of benzene rings is 2. The van der Waals surface area contributed by atoms with Gasteiger partial charge < -0.3 is 15.4 Å². The first kappa shape index (κ1) is 27.0. The molecule has 1 aromatic heterocycles. The molecule has 0 bridgehead atoms. The van der Waals surface area contributed by atoms with Crippen LogP contribution in [0.15, 0.2) is 79.3 Å². The number of rotatable bonds is 8. The van der Waals surface area contributed by atoms with Gasteiger partial charge in [0.05, 0.1) is 23.3 Å². The molecular weight excluding hydrogens is 454 g/mol. The molecule has 3 aromatic rings. The van der Waals surface area contributed by atoms with Gasteiger partial charge in [-0.2, -0.15) is 5.10 Å². The number of amides is 1. The maximum absolute atomic E-state index is 13.1. The fourth-order valence-corrected chi connectivity index (χ4v) is 2.80. The number of carbonyl (C=O) groups excluding carboxylic acids is 2. The van der Waals surface area contributed by atoms with Crippen molar-refractivity contribution in [3.8, 4) is 11.4 Å². The van der Waals surface area contributed by atoms with E-state index in [1.54, 1.807) is 36.2 Å². The molecule has 35 heavy (non-hydrogen) atoms. The fraction of sp³-hybridized carbons (Fsp3) is 0.192. The Bertz CT molecular complexity index is 1200. The lowest BCUT2D eigenvalue weighted by atomic mass is 10.1. The second-order valence-electron chi connectivity index (χ2n) is 7.37. The van der Waals surface area contributed by atoms with Crippen molar-refractivity contribution < 1.29 is 23.1 Å². The van der Waals surface area contributed by atoms with Gasteiger partial charge in [-0.3, -0.25) is 9.59 Å². The Kier molecular flexibility index (Phi) is 9.89. The molecule has 0 spiro atoms. The van der Waals surface area contributed by atoms with Crippen LogP contribution >= 0.6 is 0 Å². The molecule has 0 aliphatic heterocycles. The van der Waals surface area contributed by atoms with Gasteiger partial charge in [0.2, 0.25) is 0 Å². The van der Waals surface area contributed by atoms with E-state index in [0.29, 0.717) is 23.5 Å². The quantitative estimate of drug-likeness (QED) is 0.370. The van der Waals surface area contributed by atoms with Crippen LogP contribution in [-0.2, 0) is 4.79 Å². The van der Waals surface area contributed by atoms with Crippen molar-refractivity contribution >= 4 is 17.5 Å². The number of allylic oxidation sites excluding steroid dienone is 3. The van der Waals surface area contributed by atoms with Gasteiger partial charge in [0.15, 0.2) is 12.4 Å². The average molecular weight is 483 g/mol. The van der Waals surface area contributed by atoms with E-state index in [9.17, 15) is 18.4 Å². The van der Waals surface area contributed by atoms with Crippen molar-refractivity contribution in [3.63, 3.8) is 0 Å². The largest absolute Gasteiger partial charge is 0.484 e. The monoisotopic (exact) mass is 482 g/mol. The van der Waals surface area contributed by atoms with Crippen LogP contribution < -0.4 is 10.5 Å². The Morgan fingerprint density at radius 3 is 2.49 bits per heavy atom. The summed E-state index contributed by atoms with van der Waals surface area (Å²) in [7, 11) is 1.69. The van der Waals surface area contributed by atoms with Crippen molar-refractivity contribution in [2.24, 2.45) is 0 Å². The van der Waals surface area contributed by atoms with Crippen LogP contribution in [0.1, 0.15) is 29.8 Å². The lowest BCUT2D eigenvalue weighted by Crippen LogP contribution is -2.31. The first-order valence-corrected chi connectivity index (χ1v) is 10.7. The smallest absolute Gasteiger partial charge is 0.260 e. The van der Waals surface area contributed by atoms with E-state index < -0.39 is 0 Å². The third-order valence-electron chi connectivity index (χ3n) is 4.83. The van der Waals surface area contributed by atoms with E-state index in [2.05, 4.69) is 11.7 Å². The van der Waals surface area contributed by atoms with Crippen molar-refractivity contribution in [1.82, 2.24) is 14.7 Å². The van der Waals surface area contributed by atoms with Gasteiger partial charge in [0.1, 0.15) is 17.4 Å². The number of carbonyl (C=O) groups is 2.